The zero-order valence-corrected chi connectivity index (χ0v) is 7.09. The molecule has 0 saturated heterocycles. The van der Waals surface area contributed by atoms with E-state index in [1.165, 1.54) is 14.0 Å². The zero-order chi connectivity index (χ0) is 9.56. The Morgan fingerprint density at radius 2 is 2.17 bits per heavy atom. The van der Waals surface area contributed by atoms with E-state index >= 15 is 0 Å². The fraction of sp³-hybridized carbons (Fsp3) is 0.429. The Morgan fingerprint density at radius 1 is 1.58 bits per heavy atom. The predicted molar refractivity (Wildman–Crippen MR) is 43.0 cm³/mol. The molecule has 12 heavy (non-hydrogen) atoms. The largest absolute Gasteiger partial charge is 0.403 e. The maximum absolute atomic E-state index is 10.8. The minimum Gasteiger partial charge on any atom is -0.403 e. The number of rotatable bonds is 4. The number of carbonyl (C=O) groups excluding carboxylic acids is 2. The average Bonchev–Trinajstić information content (AvgIpc) is 2.00. The highest BCUT2D eigenvalue weighted by Crippen LogP contribution is 1.87. The fourth-order valence-electron chi connectivity index (χ4n) is 0.564. The topological polar surface area (TPSA) is 81.4 Å². The van der Waals surface area contributed by atoms with Gasteiger partial charge < -0.3 is 15.8 Å². The van der Waals surface area contributed by atoms with E-state index < -0.39 is 5.91 Å². The summed E-state index contributed by atoms with van der Waals surface area (Å²) in [6.07, 6.45) is 1.05. The third-order valence-electron chi connectivity index (χ3n) is 1.10. The summed E-state index contributed by atoms with van der Waals surface area (Å²) in [6.45, 7) is 1.22. The SMILES string of the molecule is COCC(=O)N/C(=C\N)C(C)=O. The first kappa shape index (κ1) is 10.6. The molecule has 0 bridgehead atoms. The van der Waals surface area contributed by atoms with Gasteiger partial charge in [0.05, 0.1) is 5.70 Å². The third-order valence-corrected chi connectivity index (χ3v) is 1.10. The summed E-state index contributed by atoms with van der Waals surface area (Å²) in [6, 6.07) is 0. The van der Waals surface area contributed by atoms with Gasteiger partial charge in [-0.2, -0.15) is 0 Å². The summed E-state index contributed by atoms with van der Waals surface area (Å²) in [4.78, 5) is 21.5. The third kappa shape index (κ3) is 3.72. The lowest BCUT2D eigenvalue weighted by molar-refractivity contribution is -0.125. The summed E-state index contributed by atoms with van der Waals surface area (Å²) in [5, 5.41) is 2.29. The predicted octanol–water partition coefficient (Wildman–Crippen LogP) is -0.862. The van der Waals surface area contributed by atoms with Crippen LogP contribution >= 0.6 is 0 Å². The molecule has 5 nitrogen and oxygen atoms in total. The normalized spacial score (nSPS) is 11.0. The number of nitrogens with two attached hydrogens (primary N) is 1. The first-order valence-electron chi connectivity index (χ1n) is 3.33. The van der Waals surface area contributed by atoms with Gasteiger partial charge in [-0.15, -0.1) is 0 Å². The van der Waals surface area contributed by atoms with Crippen LogP contribution in [0.15, 0.2) is 11.9 Å². The van der Waals surface area contributed by atoms with E-state index in [-0.39, 0.29) is 18.1 Å². The van der Waals surface area contributed by atoms with Crippen molar-refractivity contribution in [2.75, 3.05) is 13.7 Å². The molecule has 0 saturated carbocycles. The minimum absolute atomic E-state index is 0.0806. The van der Waals surface area contributed by atoms with Gasteiger partial charge in [-0.05, 0) is 0 Å². The Hall–Kier alpha value is -1.36. The molecular weight excluding hydrogens is 160 g/mol. The second-order valence-corrected chi connectivity index (χ2v) is 2.12. The quantitative estimate of drug-likeness (QED) is 0.540. The standard InChI is InChI=1S/C7H12N2O3/c1-5(10)6(3-8)9-7(11)4-12-2/h3H,4,8H2,1-2H3,(H,9,11)/b6-3-. The summed E-state index contributed by atoms with van der Waals surface area (Å²) >= 11 is 0. The van der Waals surface area contributed by atoms with E-state index in [1.807, 2.05) is 0 Å². The van der Waals surface area contributed by atoms with E-state index in [1.54, 1.807) is 0 Å². The fourth-order valence-corrected chi connectivity index (χ4v) is 0.564. The monoisotopic (exact) mass is 172 g/mol. The van der Waals surface area contributed by atoms with Crippen molar-refractivity contribution in [3.8, 4) is 0 Å². The van der Waals surface area contributed by atoms with Crippen molar-refractivity contribution in [2.45, 2.75) is 6.92 Å². The molecule has 1 amide bonds. The number of amides is 1. The lowest BCUT2D eigenvalue weighted by Crippen LogP contribution is -2.30. The van der Waals surface area contributed by atoms with Crippen molar-refractivity contribution in [3.63, 3.8) is 0 Å². The Labute approximate surface area is 70.6 Å². The Bertz CT molecular complexity index is 211. The van der Waals surface area contributed by atoms with E-state index in [0.29, 0.717) is 0 Å². The Kier molecular flexibility index (Phi) is 4.71. The molecule has 0 fully saturated rings. The first-order chi connectivity index (χ1) is 5.61. The Balaban J connectivity index is 4.05. The molecule has 0 aliphatic heterocycles. The van der Waals surface area contributed by atoms with E-state index in [2.05, 4.69) is 10.1 Å². The van der Waals surface area contributed by atoms with E-state index in [4.69, 9.17) is 5.73 Å². The number of hydrogen-bond donors (Lipinski definition) is 2. The number of hydrogen-bond acceptors (Lipinski definition) is 4. The molecule has 0 aromatic carbocycles. The van der Waals surface area contributed by atoms with Gasteiger partial charge in [0, 0.05) is 20.2 Å². The lowest BCUT2D eigenvalue weighted by atomic mass is 10.3. The van der Waals surface area contributed by atoms with Crippen LogP contribution in [0.25, 0.3) is 0 Å². The van der Waals surface area contributed by atoms with Crippen molar-refractivity contribution < 1.29 is 14.3 Å². The number of Topliss-reactive ketones (excluding diaryl/α,β-unsaturated/α-hetero) is 1. The molecule has 0 rings (SSSR count). The van der Waals surface area contributed by atoms with Gasteiger partial charge in [0.2, 0.25) is 5.91 Å². The number of ether oxygens (including phenoxy) is 1. The minimum atomic E-state index is -0.399. The molecule has 0 heterocycles. The molecular formula is C7H12N2O3. The van der Waals surface area contributed by atoms with Crippen molar-refractivity contribution in [2.24, 2.45) is 5.73 Å². The van der Waals surface area contributed by atoms with Crippen LogP contribution in [0.1, 0.15) is 6.92 Å². The first-order valence-corrected chi connectivity index (χ1v) is 3.33. The lowest BCUT2D eigenvalue weighted by Gasteiger charge is -2.04. The van der Waals surface area contributed by atoms with Gasteiger partial charge in [0.25, 0.3) is 0 Å². The number of methoxy groups -OCH3 is 1. The van der Waals surface area contributed by atoms with Crippen LogP contribution < -0.4 is 11.1 Å². The highest BCUT2D eigenvalue weighted by atomic mass is 16.5. The van der Waals surface area contributed by atoms with Crippen molar-refractivity contribution in [1.29, 1.82) is 0 Å². The second-order valence-electron chi connectivity index (χ2n) is 2.12. The summed E-state index contributed by atoms with van der Waals surface area (Å²) in [7, 11) is 1.39. The van der Waals surface area contributed by atoms with Crippen LogP contribution in [-0.2, 0) is 14.3 Å². The maximum atomic E-state index is 10.8. The summed E-state index contributed by atoms with van der Waals surface area (Å²) in [5.41, 5.74) is 5.16. The maximum Gasteiger partial charge on any atom is 0.250 e. The number of ketones is 1. The van der Waals surface area contributed by atoms with Crippen molar-refractivity contribution in [3.05, 3.63) is 11.9 Å². The average molecular weight is 172 g/mol. The van der Waals surface area contributed by atoms with Crippen LogP contribution in [0.3, 0.4) is 0 Å². The molecule has 3 N–H and O–H groups in total. The van der Waals surface area contributed by atoms with Gasteiger partial charge >= 0.3 is 0 Å². The van der Waals surface area contributed by atoms with Crippen LogP contribution in [0.2, 0.25) is 0 Å². The smallest absolute Gasteiger partial charge is 0.250 e. The van der Waals surface area contributed by atoms with Crippen LogP contribution in [0.5, 0.6) is 0 Å². The van der Waals surface area contributed by atoms with Gasteiger partial charge in [-0.3, -0.25) is 9.59 Å². The van der Waals surface area contributed by atoms with E-state index in [9.17, 15) is 9.59 Å². The van der Waals surface area contributed by atoms with Gasteiger partial charge in [-0.1, -0.05) is 0 Å². The molecule has 0 spiro atoms. The zero-order valence-electron chi connectivity index (χ0n) is 7.09. The Morgan fingerprint density at radius 3 is 2.50 bits per heavy atom. The molecule has 0 aliphatic rings. The molecule has 0 unspecified atom stereocenters. The summed E-state index contributed by atoms with van der Waals surface area (Å²) < 4.78 is 4.54. The number of allylic oxidation sites excluding steroid dienone is 1. The van der Waals surface area contributed by atoms with Crippen molar-refractivity contribution >= 4 is 11.7 Å². The van der Waals surface area contributed by atoms with Gasteiger partial charge in [0.15, 0.2) is 5.78 Å². The molecule has 68 valence electrons. The van der Waals surface area contributed by atoms with Gasteiger partial charge in [0.1, 0.15) is 6.61 Å². The van der Waals surface area contributed by atoms with Crippen molar-refractivity contribution in [1.82, 2.24) is 5.32 Å². The number of nitrogens with one attached hydrogen (secondary N) is 1. The number of carbonyl (C=O) groups is 2. The molecule has 0 aliphatic carbocycles. The molecule has 0 radical (unpaired) electrons. The van der Waals surface area contributed by atoms with Gasteiger partial charge in [-0.25, -0.2) is 0 Å². The van der Waals surface area contributed by atoms with Crippen LogP contribution in [-0.4, -0.2) is 25.4 Å². The van der Waals surface area contributed by atoms with Crippen LogP contribution in [0, 0.1) is 0 Å². The highest BCUT2D eigenvalue weighted by Gasteiger charge is 2.06. The van der Waals surface area contributed by atoms with E-state index in [0.717, 1.165) is 6.20 Å². The molecule has 0 atom stereocenters. The summed E-state index contributed by atoms with van der Waals surface area (Å²) in [5.74, 6) is -0.689. The molecule has 5 heteroatoms. The molecule has 0 aromatic rings. The second kappa shape index (κ2) is 5.31. The molecule has 0 aromatic heterocycles. The highest BCUT2D eigenvalue weighted by molar-refractivity contribution is 5.97. The van der Waals surface area contributed by atoms with Crippen LogP contribution in [0.4, 0.5) is 0 Å².